The number of carbonyl (C=O) groups excluding carboxylic acids is 2. The number of phosphoric acid groups is 1. The molecule has 0 aliphatic carbocycles. The third kappa shape index (κ3) is 44.2. The van der Waals surface area contributed by atoms with Crippen molar-refractivity contribution in [3.8, 4) is 0 Å². The number of allylic oxidation sites excluding steroid dienone is 18. The second kappa shape index (κ2) is 41.0. The fourth-order valence-electron chi connectivity index (χ4n) is 5.27. The highest BCUT2D eigenvalue weighted by atomic mass is 31.2. The monoisotopic (exact) mass is 857 g/mol. The van der Waals surface area contributed by atoms with E-state index in [1.54, 1.807) is 0 Å². The molecule has 10 heteroatoms. The van der Waals surface area contributed by atoms with Crippen LogP contribution in [0.1, 0.15) is 142 Å². The van der Waals surface area contributed by atoms with Crippen molar-refractivity contribution < 1.29 is 42.1 Å². The van der Waals surface area contributed by atoms with Crippen LogP contribution in [-0.2, 0) is 32.7 Å². The molecule has 0 aromatic heterocycles. The Balaban J connectivity index is 4.53. The first-order chi connectivity index (χ1) is 29.0. The van der Waals surface area contributed by atoms with E-state index in [4.69, 9.17) is 18.5 Å². The van der Waals surface area contributed by atoms with Crippen LogP contribution in [0.15, 0.2) is 109 Å². The summed E-state index contributed by atoms with van der Waals surface area (Å²) in [5.41, 5.74) is 0. The van der Waals surface area contributed by atoms with Gasteiger partial charge in [0.05, 0.1) is 27.7 Å². The number of hydrogen-bond acceptors (Lipinski definition) is 7. The van der Waals surface area contributed by atoms with Gasteiger partial charge in [-0.25, -0.2) is 4.57 Å². The van der Waals surface area contributed by atoms with Crippen molar-refractivity contribution in [2.24, 2.45) is 0 Å². The van der Waals surface area contributed by atoms with Gasteiger partial charge in [0.25, 0.3) is 0 Å². The molecule has 1 N–H and O–H groups in total. The molecule has 0 radical (unpaired) electrons. The highest BCUT2D eigenvalue weighted by Crippen LogP contribution is 2.43. The number of esters is 2. The van der Waals surface area contributed by atoms with E-state index in [0.29, 0.717) is 30.3 Å². The maximum Gasteiger partial charge on any atom is 0.472 e. The molecule has 0 aliphatic rings. The van der Waals surface area contributed by atoms with Crippen LogP contribution in [0.5, 0.6) is 0 Å². The Labute approximate surface area is 366 Å². The van der Waals surface area contributed by atoms with Crippen molar-refractivity contribution in [1.29, 1.82) is 0 Å². The number of rotatable bonds is 39. The lowest BCUT2D eigenvalue weighted by Gasteiger charge is -2.24. The van der Waals surface area contributed by atoms with Crippen LogP contribution in [-0.4, -0.2) is 74.9 Å². The molecule has 0 fully saturated rings. The average Bonchev–Trinajstić information content (AvgIpc) is 3.20. The first-order valence-electron chi connectivity index (χ1n) is 22.6. The van der Waals surface area contributed by atoms with Crippen molar-refractivity contribution in [2.45, 2.75) is 148 Å². The zero-order valence-corrected chi connectivity index (χ0v) is 39.0. The van der Waals surface area contributed by atoms with Gasteiger partial charge in [0.1, 0.15) is 19.8 Å². The SMILES string of the molecule is CC/C=C/C/C=C/C/C=C/C/C=C/C/C=C/CCCCCC(=O)OC[C@H](COP(=O)(O)OCC[N+](C)(C)C)OC(=O)CCC/C=C/C/C=C/C/C=C/C/C=C/CCCCC. The first kappa shape index (κ1) is 56.7. The summed E-state index contributed by atoms with van der Waals surface area (Å²) in [7, 11) is 1.40. The topological polar surface area (TPSA) is 108 Å². The minimum atomic E-state index is -4.41. The smallest absolute Gasteiger partial charge is 0.462 e. The average molecular weight is 857 g/mol. The van der Waals surface area contributed by atoms with Gasteiger partial charge in [-0.1, -0.05) is 142 Å². The van der Waals surface area contributed by atoms with Gasteiger partial charge in [-0.15, -0.1) is 0 Å². The summed E-state index contributed by atoms with van der Waals surface area (Å²) in [5, 5.41) is 0. The molecule has 1 unspecified atom stereocenters. The fourth-order valence-corrected chi connectivity index (χ4v) is 6.01. The molecule has 0 bridgehead atoms. The lowest BCUT2D eigenvalue weighted by atomic mass is 10.1. The second-order valence-corrected chi connectivity index (χ2v) is 17.1. The minimum Gasteiger partial charge on any atom is -0.462 e. The van der Waals surface area contributed by atoms with E-state index < -0.39 is 32.5 Å². The summed E-state index contributed by atoms with van der Waals surface area (Å²) in [6.45, 7) is 4.14. The molecular weight excluding hydrogens is 774 g/mol. The third-order valence-corrected chi connectivity index (χ3v) is 9.77. The van der Waals surface area contributed by atoms with E-state index in [-0.39, 0.29) is 26.1 Å². The van der Waals surface area contributed by atoms with Gasteiger partial charge in [-0.2, -0.15) is 0 Å². The van der Waals surface area contributed by atoms with Gasteiger partial charge in [-0.05, 0) is 96.3 Å². The lowest BCUT2D eigenvalue weighted by molar-refractivity contribution is -0.870. The van der Waals surface area contributed by atoms with Crippen LogP contribution in [0, 0.1) is 0 Å². The van der Waals surface area contributed by atoms with Crippen LogP contribution < -0.4 is 0 Å². The van der Waals surface area contributed by atoms with Crippen molar-refractivity contribution in [2.75, 3.05) is 47.5 Å². The maximum absolute atomic E-state index is 12.7. The molecule has 0 spiro atoms. The first-order valence-corrected chi connectivity index (χ1v) is 24.1. The number of unbranched alkanes of at least 4 members (excludes halogenated alkanes) is 7. The number of likely N-dealkylation sites (N-methyl/N-ethyl adjacent to an activating group) is 1. The van der Waals surface area contributed by atoms with Crippen LogP contribution in [0.3, 0.4) is 0 Å². The molecule has 0 aromatic rings. The van der Waals surface area contributed by atoms with E-state index in [9.17, 15) is 19.0 Å². The van der Waals surface area contributed by atoms with E-state index >= 15 is 0 Å². The van der Waals surface area contributed by atoms with Gasteiger partial charge in [0.15, 0.2) is 6.10 Å². The summed E-state index contributed by atoms with van der Waals surface area (Å²) >= 11 is 0. The number of quaternary nitrogens is 1. The molecule has 0 heterocycles. The Morgan fingerprint density at radius 1 is 0.533 bits per heavy atom. The van der Waals surface area contributed by atoms with Gasteiger partial charge in [0, 0.05) is 12.8 Å². The zero-order valence-electron chi connectivity index (χ0n) is 38.1. The van der Waals surface area contributed by atoms with Gasteiger partial charge in [0.2, 0.25) is 0 Å². The molecular formula is C50H83NO8P+. The maximum atomic E-state index is 12.7. The molecule has 2 atom stereocenters. The summed E-state index contributed by atoms with van der Waals surface area (Å²) < 4.78 is 34.2. The quantitative estimate of drug-likeness (QED) is 0.0214. The second-order valence-electron chi connectivity index (χ2n) is 15.7. The summed E-state index contributed by atoms with van der Waals surface area (Å²) in [4.78, 5) is 35.4. The lowest BCUT2D eigenvalue weighted by Crippen LogP contribution is -2.37. The molecule has 0 aliphatic heterocycles. The largest absolute Gasteiger partial charge is 0.472 e. The molecule has 0 saturated carbocycles. The van der Waals surface area contributed by atoms with Crippen molar-refractivity contribution in [1.82, 2.24) is 0 Å². The normalized spacial score (nSPS) is 14.6. The molecule has 60 heavy (non-hydrogen) atoms. The Kier molecular flexibility index (Phi) is 38.8. The Morgan fingerprint density at radius 3 is 1.43 bits per heavy atom. The standard InChI is InChI=1S/C50H82NO8P/c1-6-8-10-12-14-16-18-20-22-24-25-27-28-30-32-34-36-38-40-42-49(52)56-46-48(47-58-60(54,55)57-45-44-51(3,4)5)59-50(53)43-41-39-37-35-33-31-29-26-23-21-19-17-15-13-11-9-7-2/h8,10,14-17,20-23,25,27,29-32,35,37,48H,6-7,9,11-13,18-19,24,26,28,33-34,36,38-47H2,1-5H3/p+1/b10-8+,16-14+,17-15+,22-20+,23-21+,27-25+,31-29+,32-30+,37-35+/t48-/m1/s1. The van der Waals surface area contributed by atoms with Gasteiger partial charge >= 0.3 is 19.8 Å². The summed E-state index contributed by atoms with van der Waals surface area (Å²) in [6, 6.07) is 0. The predicted octanol–water partition coefficient (Wildman–Crippen LogP) is 13.1. The summed E-state index contributed by atoms with van der Waals surface area (Å²) in [6.07, 6.45) is 55.7. The number of nitrogens with zero attached hydrogens (tertiary/aromatic N) is 1. The number of ether oxygens (including phenoxy) is 2. The third-order valence-electron chi connectivity index (χ3n) is 8.79. The van der Waals surface area contributed by atoms with E-state index in [1.807, 2.05) is 27.2 Å². The van der Waals surface area contributed by atoms with Crippen molar-refractivity contribution in [3.63, 3.8) is 0 Å². The van der Waals surface area contributed by atoms with Crippen LogP contribution in [0.4, 0.5) is 0 Å². The van der Waals surface area contributed by atoms with E-state index in [2.05, 4.69) is 117 Å². The Morgan fingerprint density at radius 2 is 0.967 bits per heavy atom. The van der Waals surface area contributed by atoms with Crippen LogP contribution in [0.2, 0.25) is 0 Å². The molecule has 0 rings (SSSR count). The Bertz CT molecular complexity index is 1380. The Hall–Kier alpha value is -3.33. The highest BCUT2D eigenvalue weighted by molar-refractivity contribution is 7.47. The minimum absolute atomic E-state index is 0.00921. The predicted molar refractivity (Wildman–Crippen MR) is 251 cm³/mol. The molecule has 0 aromatic carbocycles. The summed E-state index contributed by atoms with van der Waals surface area (Å²) in [5.74, 6) is -0.915. The van der Waals surface area contributed by atoms with E-state index in [1.165, 1.54) is 25.7 Å². The van der Waals surface area contributed by atoms with E-state index in [0.717, 1.165) is 70.6 Å². The molecule has 0 amide bonds. The number of phosphoric ester groups is 1. The van der Waals surface area contributed by atoms with Crippen LogP contribution >= 0.6 is 7.82 Å². The molecule has 0 saturated heterocycles. The number of carbonyl (C=O) groups is 2. The highest BCUT2D eigenvalue weighted by Gasteiger charge is 2.27. The molecule has 9 nitrogen and oxygen atoms in total. The fraction of sp³-hybridized carbons (Fsp3) is 0.600. The van der Waals surface area contributed by atoms with Crippen LogP contribution in [0.25, 0.3) is 0 Å². The zero-order chi connectivity index (χ0) is 44.3. The van der Waals surface area contributed by atoms with Gasteiger partial charge in [-0.3, -0.25) is 18.6 Å². The number of hydrogen-bond donors (Lipinski definition) is 1. The van der Waals surface area contributed by atoms with Crippen molar-refractivity contribution >= 4 is 19.8 Å². The van der Waals surface area contributed by atoms with Crippen molar-refractivity contribution in [3.05, 3.63) is 109 Å². The van der Waals surface area contributed by atoms with Gasteiger partial charge < -0.3 is 18.9 Å². The molecule has 340 valence electrons.